The minimum absolute atomic E-state index is 0.0367. The predicted molar refractivity (Wildman–Crippen MR) is 115 cm³/mol. The van der Waals surface area contributed by atoms with Crippen molar-refractivity contribution in [3.8, 4) is 0 Å². The van der Waals surface area contributed by atoms with Crippen molar-refractivity contribution in [2.24, 2.45) is 10.1 Å². The van der Waals surface area contributed by atoms with Crippen LogP contribution in [0.2, 0.25) is 5.02 Å². The number of amides is 1. The minimum Gasteiger partial charge on any atom is -0.326 e. The van der Waals surface area contributed by atoms with Crippen molar-refractivity contribution >= 4 is 51.5 Å². The molecule has 0 radical (unpaired) electrons. The molecule has 0 aromatic heterocycles. The van der Waals surface area contributed by atoms with Gasteiger partial charge in [0, 0.05) is 22.9 Å². The molecule has 2 N–H and O–H groups in total. The zero-order valence-corrected chi connectivity index (χ0v) is 16.8. The van der Waals surface area contributed by atoms with Gasteiger partial charge in [-0.05, 0) is 48.7 Å². The van der Waals surface area contributed by atoms with E-state index in [1.54, 1.807) is 11.8 Å². The average molecular weight is 401 g/mol. The SMILES string of the molecule is CCCC(=O)Nc1ccc(C2=NNC(=Nc3cccc(Cl)c3C)SC2)cc1. The summed E-state index contributed by atoms with van der Waals surface area (Å²) in [5.74, 6) is 0.752. The first-order valence-electron chi connectivity index (χ1n) is 8.76. The topological polar surface area (TPSA) is 65.8 Å². The van der Waals surface area contributed by atoms with Gasteiger partial charge in [0.1, 0.15) is 0 Å². The summed E-state index contributed by atoms with van der Waals surface area (Å²) in [5.41, 5.74) is 7.55. The average Bonchev–Trinajstić information content (AvgIpc) is 2.67. The highest BCUT2D eigenvalue weighted by molar-refractivity contribution is 8.14. The first-order valence-corrected chi connectivity index (χ1v) is 10.1. The minimum atomic E-state index is 0.0367. The molecule has 2 aromatic carbocycles. The second kappa shape index (κ2) is 9.06. The lowest BCUT2D eigenvalue weighted by molar-refractivity contribution is -0.116. The Balaban J connectivity index is 1.67. The van der Waals surface area contributed by atoms with Crippen LogP contribution in [0, 0.1) is 6.92 Å². The molecule has 0 spiro atoms. The predicted octanol–water partition coefficient (Wildman–Crippen LogP) is 5.12. The summed E-state index contributed by atoms with van der Waals surface area (Å²) in [6, 6.07) is 13.4. The molecule has 0 bridgehead atoms. The van der Waals surface area contributed by atoms with Gasteiger partial charge in [0.2, 0.25) is 5.91 Å². The molecule has 2 aromatic rings. The Kier molecular flexibility index (Phi) is 6.53. The summed E-state index contributed by atoms with van der Waals surface area (Å²) >= 11 is 7.74. The number of hydrazone groups is 1. The number of amidine groups is 1. The Labute approximate surface area is 168 Å². The Morgan fingerprint density at radius 1 is 1.30 bits per heavy atom. The Bertz CT molecular complexity index is 893. The molecule has 1 heterocycles. The zero-order valence-electron chi connectivity index (χ0n) is 15.3. The lowest BCUT2D eigenvalue weighted by Crippen LogP contribution is -2.25. The van der Waals surface area contributed by atoms with Crippen LogP contribution in [-0.4, -0.2) is 22.5 Å². The molecule has 1 aliphatic rings. The van der Waals surface area contributed by atoms with Gasteiger partial charge in [-0.1, -0.05) is 48.5 Å². The van der Waals surface area contributed by atoms with Crippen molar-refractivity contribution < 1.29 is 4.79 Å². The lowest BCUT2D eigenvalue weighted by Gasteiger charge is -2.15. The van der Waals surface area contributed by atoms with Crippen molar-refractivity contribution in [3.05, 3.63) is 58.6 Å². The van der Waals surface area contributed by atoms with Gasteiger partial charge in [-0.15, -0.1) is 0 Å². The van der Waals surface area contributed by atoms with E-state index in [9.17, 15) is 4.79 Å². The third kappa shape index (κ3) is 5.11. The molecule has 1 aliphatic heterocycles. The molecule has 3 rings (SSSR count). The van der Waals surface area contributed by atoms with Gasteiger partial charge in [-0.3, -0.25) is 10.2 Å². The van der Waals surface area contributed by atoms with E-state index < -0.39 is 0 Å². The zero-order chi connectivity index (χ0) is 19.2. The number of anilines is 1. The fourth-order valence-electron chi connectivity index (χ4n) is 2.54. The summed E-state index contributed by atoms with van der Waals surface area (Å²) in [6.45, 7) is 3.94. The smallest absolute Gasteiger partial charge is 0.224 e. The second-order valence-electron chi connectivity index (χ2n) is 6.14. The van der Waals surface area contributed by atoms with Crippen LogP contribution in [0.25, 0.3) is 0 Å². The van der Waals surface area contributed by atoms with Crippen LogP contribution in [0.15, 0.2) is 52.6 Å². The van der Waals surface area contributed by atoms with Crippen LogP contribution in [0.1, 0.15) is 30.9 Å². The van der Waals surface area contributed by atoms with Crippen molar-refractivity contribution in [2.45, 2.75) is 26.7 Å². The molecule has 0 saturated heterocycles. The molecule has 0 atom stereocenters. The summed E-state index contributed by atoms with van der Waals surface area (Å²) in [7, 11) is 0. The molecule has 140 valence electrons. The number of halogens is 1. The number of benzene rings is 2. The van der Waals surface area contributed by atoms with Crippen molar-refractivity contribution in [3.63, 3.8) is 0 Å². The van der Waals surface area contributed by atoms with Gasteiger partial charge in [-0.25, -0.2) is 4.99 Å². The number of thioether (sulfide) groups is 1. The highest BCUT2D eigenvalue weighted by atomic mass is 35.5. The number of rotatable bonds is 5. The number of hydrogen-bond donors (Lipinski definition) is 2. The number of carbonyl (C=O) groups is 1. The van der Waals surface area contributed by atoms with E-state index in [-0.39, 0.29) is 5.91 Å². The number of aliphatic imine (C=N–C) groups is 1. The third-order valence-corrected chi connectivity index (χ3v) is 5.36. The normalized spacial score (nSPS) is 15.2. The molecule has 0 saturated carbocycles. The van der Waals surface area contributed by atoms with Gasteiger partial charge in [0.05, 0.1) is 11.4 Å². The maximum Gasteiger partial charge on any atom is 0.224 e. The molecular formula is C20H21ClN4OS. The first-order chi connectivity index (χ1) is 13.1. The van der Waals surface area contributed by atoms with Crippen LogP contribution in [0.5, 0.6) is 0 Å². The van der Waals surface area contributed by atoms with Crippen molar-refractivity contribution in [2.75, 3.05) is 11.1 Å². The van der Waals surface area contributed by atoms with Crippen LogP contribution >= 0.6 is 23.4 Å². The molecule has 1 amide bonds. The second-order valence-corrected chi connectivity index (χ2v) is 7.51. The summed E-state index contributed by atoms with van der Waals surface area (Å²) in [4.78, 5) is 16.3. The number of carbonyl (C=O) groups excluding carboxylic acids is 1. The molecule has 7 heteroatoms. The Morgan fingerprint density at radius 2 is 2.07 bits per heavy atom. The molecular weight excluding hydrogens is 380 g/mol. The highest BCUT2D eigenvalue weighted by Crippen LogP contribution is 2.27. The molecule has 0 unspecified atom stereocenters. The fraction of sp³-hybridized carbons (Fsp3) is 0.250. The van der Waals surface area contributed by atoms with Crippen LogP contribution in [-0.2, 0) is 4.79 Å². The lowest BCUT2D eigenvalue weighted by atomic mass is 10.1. The van der Waals surface area contributed by atoms with Gasteiger partial charge in [0.25, 0.3) is 0 Å². The highest BCUT2D eigenvalue weighted by Gasteiger charge is 2.14. The van der Waals surface area contributed by atoms with E-state index in [0.717, 1.165) is 39.8 Å². The van der Waals surface area contributed by atoms with Gasteiger partial charge in [-0.2, -0.15) is 5.10 Å². The van der Waals surface area contributed by atoms with E-state index in [4.69, 9.17) is 11.6 Å². The standard InChI is InChI=1S/C20H21ClN4OS/c1-3-5-19(26)22-15-10-8-14(9-11-15)18-12-27-20(25-24-18)23-17-7-4-6-16(21)13(17)2/h4,6-11H,3,5,12H2,1-2H3,(H,22,26)(H,23,25). The molecule has 27 heavy (non-hydrogen) atoms. The van der Waals surface area contributed by atoms with Crippen LogP contribution in [0.4, 0.5) is 11.4 Å². The summed E-state index contributed by atoms with van der Waals surface area (Å²) < 4.78 is 0. The Hall–Kier alpha value is -2.31. The van der Waals surface area contributed by atoms with Crippen LogP contribution < -0.4 is 10.7 Å². The van der Waals surface area contributed by atoms with E-state index in [2.05, 4.69) is 20.8 Å². The maximum atomic E-state index is 11.7. The third-order valence-electron chi connectivity index (χ3n) is 4.07. The molecule has 0 fully saturated rings. The van der Waals surface area contributed by atoms with Gasteiger partial charge in [0.15, 0.2) is 5.17 Å². The molecule has 5 nitrogen and oxygen atoms in total. The van der Waals surface area contributed by atoms with Crippen LogP contribution in [0.3, 0.4) is 0 Å². The van der Waals surface area contributed by atoms with E-state index >= 15 is 0 Å². The van der Waals surface area contributed by atoms with Crippen molar-refractivity contribution in [1.82, 2.24) is 5.43 Å². The molecule has 0 aliphatic carbocycles. The summed E-state index contributed by atoms with van der Waals surface area (Å²) in [6.07, 6.45) is 1.37. The number of nitrogens with zero attached hydrogens (tertiary/aromatic N) is 2. The van der Waals surface area contributed by atoms with E-state index in [0.29, 0.717) is 17.2 Å². The fourth-order valence-corrected chi connectivity index (χ4v) is 3.49. The largest absolute Gasteiger partial charge is 0.326 e. The number of hydrogen-bond acceptors (Lipinski definition) is 4. The quantitative estimate of drug-likeness (QED) is 0.732. The van der Waals surface area contributed by atoms with E-state index in [1.807, 2.05) is 56.3 Å². The Morgan fingerprint density at radius 3 is 2.74 bits per heavy atom. The maximum absolute atomic E-state index is 11.7. The summed E-state index contributed by atoms with van der Waals surface area (Å²) in [5, 5.41) is 8.78. The van der Waals surface area contributed by atoms with Crippen molar-refractivity contribution in [1.29, 1.82) is 0 Å². The van der Waals surface area contributed by atoms with Gasteiger partial charge < -0.3 is 5.32 Å². The van der Waals surface area contributed by atoms with Gasteiger partial charge >= 0.3 is 0 Å². The monoisotopic (exact) mass is 400 g/mol. The number of nitrogens with one attached hydrogen (secondary N) is 2. The van der Waals surface area contributed by atoms with E-state index in [1.165, 1.54) is 0 Å². The first kappa shape index (κ1) is 19.5.